The average Bonchev–Trinajstić information content (AvgIpc) is 2.38. The predicted molar refractivity (Wildman–Crippen MR) is 80.0 cm³/mol. The third-order valence-electron chi connectivity index (χ3n) is 4.10. The minimum atomic E-state index is -0.787. The van der Waals surface area contributed by atoms with Crippen LogP contribution in [0.4, 0.5) is 4.79 Å². The molecule has 6 heteroatoms. The highest BCUT2D eigenvalue weighted by Crippen LogP contribution is 2.30. The number of thioether (sulfide) groups is 1. The van der Waals surface area contributed by atoms with E-state index in [1.807, 2.05) is 16.7 Å². The summed E-state index contributed by atoms with van der Waals surface area (Å²) in [4.78, 5) is 25.4. The Morgan fingerprint density at radius 2 is 2.00 bits per heavy atom. The van der Waals surface area contributed by atoms with Crippen LogP contribution >= 0.6 is 11.8 Å². The number of rotatable bonds is 2. The van der Waals surface area contributed by atoms with Crippen LogP contribution in [0.15, 0.2) is 0 Å². The van der Waals surface area contributed by atoms with Crippen LogP contribution in [0.5, 0.6) is 0 Å². The SMILES string of the molecule is CC1(C)CN(C(=O)NC2CCCCC2C(=O)O)CCS1. The number of aliphatic carboxylic acids is 1. The summed E-state index contributed by atoms with van der Waals surface area (Å²) in [5.41, 5.74) is 0. The molecule has 0 aromatic heterocycles. The second-order valence-corrected chi connectivity index (χ2v) is 8.12. The highest BCUT2D eigenvalue weighted by atomic mass is 32.2. The predicted octanol–water partition coefficient (Wildman–Crippen LogP) is 2.17. The molecule has 1 saturated carbocycles. The Hall–Kier alpha value is -0.910. The molecule has 2 unspecified atom stereocenters. The maximum Gasteiger partial charge on any atom is 0.317 e. The molecule has 0 bridgehead atoms. The summed E-state index contributed by atoms with van der Waals surface area (Å²) < 4.78 is 0.0777. The van der Waals surface area contributed by atoms with Crippen molar-refractivity contribution in [2.45, 2.75) is 50.3 Å². The number of carbonyl (C=O) groups is 2. The minimum absolute atomic E-state index is 0.0777. The fourth-order valence-corrected chi connectivity index (χ4v) is 4.15. The minimum Gasteiger partial charge on any atom is -0.481 e. The molecule has 2 aliphatic rings. The smallest absolute Gasteiger partial charge is 0.317 e. The van der Waals surface area contributed by atoms with Gasteiger partial charge in [0.15, 0.2) is 0 Å². The van der Waals surface area contributed by atoms with Gasteiger partial charge in [-0.2, -0.15) is 11.8 Å². The van der Waals surface area contributed by atoms with Gasteiger partial charge < -0.3 is 15.3 Å². The molecular formula is C14H24N2O3S. The average molecular weight is 300 g/mol. The van der Waals surface area contributed by atoms with Crippen LogP contribution < -0.4 is 5.32 Å². The van der Waals surface area contributed by atoms with Crippen LogP contribution in [0, 0.1) is 5.92 Å². The fourth-order valence-electron chi connectivity index (χ4n) is 3.04. The van der Waals surface area contributed by atoms with Crippen molar-refractivity contribution in [3.05, 3.63) is 0 Å². The number of urea groups is 1. The van der Waals surface area contributed by atoms with Gasteiger partial charge in [0, 0.05) is 29.6 Å². The Labute approximate surface area is 124 Å². The van der Waals surface area contributed by atoms with E-state index in [2.05, 4.69) is 19.2 Å². The van der Waals surface area contributed by atoms with E-state index in [1.165, 1.54) is 0 Å². The molecule has 0 aromatic rings. The van der Waals surface area contributed by atoms with E-state index in [9.17, 15) is 14.7 Å². The lowest BCUT2D eigenvalue weighted by molar-refractivity contribution is -0.143. The van der Waals surface area contributed by atoms with Crippen molar-refractivity contribution in [1.82, 2.24) is 10.2 Å². The Balaban J connectivity index is 1.94. The van der Waals surface area contributed by atoms with Crippen molar-refractivity contribution in [3.8, 4) is 0 Å². The van der Waals surface area contributed by atoms with E-state index in [4.69, 9.17) is 0 Å². The maximum absolute atomic E-state index is 12.3. The molecular weight excluding hydrogens is 276 g/mol. The molecule has 2 N–H and O–H groups in total. The van der Waals surface area contributed by atoms with Crippen LogP contribution in [-0.4, -0.2) is 51.6 Å². The van der Waals surface area contributed by atoms with Crippen LogP contribution in [-0.2, 0) is 4.79 Å². The summed E-state index contributed by atoms with van der Waals surface area (Å²) in [5.74, 6) is -0.280. The summed E-state index contributed by atoms with van der Waals surface area (Å²) in [6.45, 7) is 5.73. The summed E-state index contributed by atoms with van der Waals surface area (Å²) in [6, 6.07) is -0.317. The molecule has 1 heterocycles. The van der Waals surface area contributed by atoms with Crippen molar-refractivity contribution in [1.29, 1.82) is 0 Å². The summed E-state index contributed by atoms with van der Waals surface area (Å²) in [5, 5.41) is 12.2. The van der Waals surface area contributed by atoms with Crippen LogP contribution in [0.3, 0.4) is 0 Å². The molecule has 2 amide bonds. The van der Waals surface area contributed by atoms with Crippen LogP contribution in [0.25, 0.3) is 0 Å². The van der Waals surface area contributed by atoms with Gasteiger partial charge in [-0.05, 0) is 26.7 Å². The van der Waals surface area contributed by atoms with Gasteiger partial charge in [-0.15, -0.1) is 0 Å². The van der Waals surface area contributed by atoms with Gasteiger partial charge in [-0.25, -0.2) is 4.79 Å². The van der Waals surface area contributed by atoms with Gasteiger partial charge in [0.05, 0.1) is 5.92 Å². The lowest BCUT2D eigenvalue weighted by atomic mass is 9.84. The zero-order chi connectivity index (χ0) is 14.8. The zero-order valence-corrected chi connectivity index (χ0v) is 13.0. The second kappa shape index (κ2) is 6.24. The van der Waals surface area contributed by atoms with Crippen molar-refractivity contribution >= 4 is 23.8 Å². The second-order valence-electron chi connectivity index (χ2n) is 6.31. The molecule has 1 saturated heterocycles. The first kappa shape index (κ1) is 15.5. The maximum atomic E-state index is 12.3. The van der Waals surface area contributed by atoms with Crippen LogP contribution in [0.1, 0.15) is 39.5 Å². The van der Waals surface area contributed by atoms with Crippen molar-refractivity contribution in [3.63, 3.8) is 0 Å². The van der Waals surface area contributed by atoms with Crippen LogP contribution in [0.2, 0.25) is 0 Å². The summed E-state index contributed by atoms with van der Waals surface area (Å²) >= 11 is 1.88. The van der Waals surface area contributed by atoms with Gasteiger partial charge >= 0.3 is 12.0 Å². The summed E-state index contributed by atoms with van der Waals surface area (Å²) in [7, 11) is 0. The number of hydrogen-bond acceptors (Lipinski definition) is 3. The van der Waals surface area contributed by atoms with E-state index >= 15 is 0 Å². The Bertz CT molecular complexity index is 387. The monoisotopic (exact) mass is 300 g/mol. The van der Waals surface area contributed by atoms with E-state index in [1.54, 1.807) is 0 Å². The van der Waals surface area contributed by atoms with Gasteiger partial charge in [-0.1, -0.05) is 12.8 Å². The number of carboxylic acids is 1. The van der Waals surface area contributed by atoms with Gasteiger partial charge in [-0.3, -0.25) is 4.79 Å². The van der Waals surface area contributed by atoms with Gasteiger partial charge in [0.2, 0.25) is 0 Å². The number of carboxylic acid groups (broad SMARTS) is 1. The van der Waals surface area contributed by atoms with Crippen molar-refractivity contribution in [2.24, 2.45) is 5.92 Å². The molecule has 1 aliphatic carbocycles. The number of nitrogens with zero attached hydrogens (tertiary/aromatic N) is 1. The molecule has 0 spiro atoms. The first-order valence-corrected chi connectivity index (χ1v) is 8.30. The Morgan fingerprint density at radius 3 is 2.65 bits per heavy atom. The molecule has 2 fully saturated rings. The highest BCUT2D eigenvalue weighted by molar-refractivity contribution is 8.00. The topological polar surface area (TPSA) is 69.6 Å². The van der Waals surface area contributed by atoms with E-state index in [-0.39, 0.29) is 16.8 Å². The third-order valence-corrected chi connectivity index (χ3v) is 5.40. The molecule has 0 radical (unpaired) electrons. The molecule has 114 valence electrons. The Kier molecular flexibility index (Phi) is 4.83. The zero-order valence-electron chi connectivity index (χ0n) is 12.2. The lowest BCUT2D eigenvalue weighted by Gasteiger charge is -2.39. The number of nitrogens with one attached hydrogen (secondary N) is 1. The standard InChI is InChI=1S/C14H24N2O3S/c1-14(2)9-16(7-8-20-14)13(19)15-11-6-4-3-5-10(11)12(17)18/h10-11H,3-9H2,1-2H3,(H,15,19)(H,17,18). The highest BCUT2D eigenvalue weighted by Gasteiger charge is 2.35. The van der Waals surface area contributed by atoms with E-state index in [0.29, 0.717) is 13.0 Å². The fraction of sp³-hybridized carbons (Fsp3) is 0.857. The largest absolute Gasteiger partial charge is 0.481 e. The normalized spacial score (nSPS) is 29.8. The van der Waals surface area contributed by atoms with E-state index < -0.39 is 11.9 Å². The van der Waals surface area contributed by atoms with Crippen molar-refractivity contribution in [2.75, 3.05) is 18.8 Å². The van der Waals surface area contributed by atoms with E-state index in [0.717, 1.165) is 31.6 Å². The Morgan fingerprint density at radius 1 is 1.30 bits per heavy atom. The molecule has 20 heavy (non-hydrogen) atoms. The number of carbonyl (C=O) groups excluding carboxylic acids is 1. The molecule has 0 aromatic carbocycles. The molecule has 2 rings (SSSR count). The molecule has 1 aliphatic heterocycles. The molecule has 2 atom stereocenters. The number of hydrogen-bond donors (Lipinski definition) is 2. The first-order chi connectivity index (χ1) is 9.39. The molecule has 5 nitrogen and oxygen atoms in total. The first-order valence-electron chi connectivity index (χ1n) is 7.31. The number of amides is 2. The lowest BCUT2D eigenvalue weighted by Crippen LogP contribution is -2.54. The van der Waals surface area contributed by atoms with Crippen molar-refractivity contribution < 1.29 is 14.7 Å². The quantitative estimate of drug-likeness (QED) is 0.820. The van der Waals surface area contributed by atoms with Gasteiger partial charge in [0.1, 0.15) is 0 Å². The summed E-state index contributed by atoms with van der Waals surface area (Å²) in [6.07, 6.45) is 3.38. The van der Waals surface area contributed by atoms with Gasteiger partial charge in [0.25, 0.3) is 0 Å². The third kappa shape index (κ3) is 3.81.